The molecule has 0 radical (unpaired) electrons. The number of aryl methyl sites for hydroxylation is 1. The van der Waals surface area contributed by atoms with Crippen molar-refractivity contribution in [2.24, 2.45) is 0 Å². The molecule has 0 aromatic carbocycles. The summed E-state index contributed by atoms with van der Waals surface area (Å²) >= 11 is 13.8. The Bertz CT molecular complexity index is 522. The molecule has 0 aliphatic rings. The van der Waals surface area contributed by atoms with Gasteiger partial charge in [0.2, 0.25) is 0 Å². The lowest BCUT2D eigenvalue weighted by Crippen LogP contribution is -2.17. The van der Waals surface area contributed by atoms with E-state index in [9.17, 15) is 0 Å². The van der Waals surface area contributed by atoms with Crippen LogP contribution >= 0.6 is 34.5 Å². The summed E-state index contributed by atoms with van der Waals surface area (Å²) in [5.74, 6) is 0. The standard InChI is InChI=1S/C13H15Cl2N3S/c1-2-9-8-19-13(18-9)3-4-16-5-10-11(14)6-17-7-12(10)15/h6-8,16H,2-5H2,1H3. The van der Waals surface area contributed by atoms with Crippen LogP contribution in [-0.2, 0) is 19.4 Å². The molecule has 0 fully saturated rings. The van der Waals surface area contributed by atoms with Crippen LogP contribution in [0.1, 0.15) is 23.2 Å². The molecule has 102 valence electrons. The zero-order chi connectivity index (χ0) is 13.7. The minimum absolute atomic E-state index is 0.600. The lowest BCUT2D eigenvalue weighted by atomic mass is 10.2. The molecule has 3 nitrogen and oxygen atoms in total. The van der Waals surface area contributed by atoms with E-state index in [-0.39, 0.29) is 0 Å². The molecular weight excluding hydrogens is 301 g/mol. The Kier molecular flexibility index (Phi) is 5.58. The molecule has 0 bridgehead atoms. The Hall–Kier alpha value is -0.680. The number of thiazole rings is 1. The van der Waals surface area contributed by atoms with E-state index in [0.29, 0.717) is 16.6 Å². The summed E-state index contributed by atoms with van der Waals surface area (Å²) in [6.45, 7) is 3.61. The summed E-state index contributed by atoms with van der Waals surface area (Å²) in [6.07, 6.45) is 5.13. The lowest BCUT2D eigenvalue weighted by Gasteiger charge is -2.07. The largest absolute Gasteiger partial charge is 0.312 e. The number of nitrogens with one attached hydrogen (secondary N) is 1. The quantitative estimate of drug-likeness (QED) is 0.825. The number of hydrogen-bond acceptors (Lipinski definition) is 4. The number of halogens is 2. The topological polar surface area (TPSA) is 37.8 Å². The molecular formula is C13H15Cl2N3S. The van der Waals surface area contributed by atoms with Crippen LogP contribution in [0.2, 0.25) is 10.0 Å². The van der Waals surface area contributed by atoms with Gasteiger partial charge in [-0.1, -0.05) is 30.1 Å². The van der Waals surface area contributed by atoms with Crippen molar-refractivity contribution in [1.29, 1.82) is 0 Å². The number of hydrogen-bond donors (Lipinski definition) is 1. The van der Waals surface area contributed by atoms with Crippen molar-refractivity contribution in [3.05, 3.63) is 44.1 Å². The van der Waals surface area contributed by atoms with E-state index >= 15 is 0 Å². The van der Waals surface area contributed by atoms with Crippen LogP contribution in [0.5, 0.6) is 0 Å². The maximum atomic E-state index is 6.05. The first kappa shape index (κ1) is 14.7. The van der Waals surface area contributed by atoms with Gasteiger partial charge in [0.05, 0.1) is 20.7 Å². The monoisotopic (exact) mass is 315 g/mol. The molecule has 1 N–H and O–H groups in total. The summed E-state index contributed by atoms with van der Waals surface area (Å²) in [6, 6.07) is 0. The molecule has 19 heavy (non-hydrogen) atoms. The van der Waals surface area contributed by atoms with Crippen LogP contribution in [0.4, 0.5) is 0 Å². The smallest absolute Gasteiger partial charge is 0.0940 e. The Morgan fingerprint density at radius 3 is 2.63 bits per heavy atom. The summed E-state index contributed by atoms with van der Waals surface area (Å²) in [4.78, 5) is 8.46. The highest BCUT2D eigenvalue weighted by atomic mass is 35.5. The normalized spacial score (nSPS) is 10.9. The second-order valence-electron chi connectivity index (χ2n) is 4.09. The van der Waals surface area contributed by atoms with Gasteiger partial charge in [-0.2, -0.15) is 0 Å². The molecule has 0 aliphatic heterocycles. The number of rotatable bonds is 6. The summed E-state index contributed by atoms with van der Waals surface area (Å²) < 4.78 is 0. The minimum atomic E-state index is 0.600. The predicted molar refractivity (Wildman–Crippen MR) is 81.2 cm³/mol. The Morgan fingerprint density at radius 1 is 1.26 bits per heavy atom. The van der Waals surface area contributed by atoms with Crippen molar-refractivity contribution in [2.45, 2.75) is 26.3 Å². The molecule has 0 unspecified atom stereocenters. The van der Waals surface area contributed by atoms with Gasteiger partial charge in [0, 0.05) is 42.8 Å². The Morgan fingerprint density at radius 2 is 2.00 bits per heavy atom. The minimum Gasteiger partial charge on any atom is -0.312 e. The van der Waals surface area contributed by atoms with Gasteiger partial charge >= 0.3 is 0 Å². The van der Waals surface area contributed by atoms with E-state index in [1.807, 2.05) is 0 Å². The molecule has 0 spiro atoms. The Labute approximate surface area is 127 Å². The third kappa shape index (κ3) is 4.14. The third-order valence-corrected chi connectivity index (χ3v) is 4.34. The van der Waals surface area contributed by atoms with Crippen molar-refractivity contribution in [3.8, 4) is 0 Å². The molecule has 0 aliphatic carbocycles. The highest BCUT2D eigenvalue weighted by Gasteiger charge is 2.06. The van der Waals surface area contributed by atoms with Crippen LogP contribution in [0.25, 0.3) is 0 Å². The number of pyridine rings is 1. The SMILES string of the molecule is CCc1csc(CCNCc2c(Cl)cncc2Cl)n1. The second kappa shape index (κ2) is 7.20. The van der Waals surface area contributed by atoms with E-state index in [2.05, 4.69) is 27.6 Å². The summed E-state index contributed by atoms with van der Waals surface area (Å²) in [7, 11) is 0. The van der Waals surface area contributed by atoms with Gasteiger partial charge in [0.1, 0.15) is 0 Å². The third-order valence-electron chi connectivity index (χ3n) is 2.73. The van der Waals surface area contributed by atoms with E-state index < -0.39 is 0 Å². The van der Waals surface area contributed by atoms with Crippen molar-refractivity contribution in [2.75, 3.05) is 6.54 Å². The van der Waals surface area contributed by atoms with Gasteiger partial charge in [-0.05, 0) is 6.42 Å². The van der Waals surface area contributed by atoms with Crippen LogP contribution in [0.15, 0.2) is 17.8 Å². The highest BCUT2D eigenvalue weighted by molar-refractivity contribution is 7.09. The van der Waals surface area contributed by atoms with Gasteiger partial charge in [-0.15, -0.1) is 11.3 Å². The second-order valence-corrected chi connectivity index (χ2v) is 5.85. The highest BCUT2D eigenvalue weighted by Crippen LogP contribution is 2.22. The number of nitrogens with zero attached hydrogens (tertiary/aromatic N) is 2. The van der Waals surface area contributed by atoms with Gasteiger partial charge in [0.25, 0.3) is 0 Å². The molecule has 2 aromatic rings. The van der Waals surface area contributed by atoms with E-state index in [0.717, 1.165) is 30.0 Å². The average Bonchev–Trinajstić information content (AvgIpc) is 2.85. The maximum absolute atomic E-state index is 6.05. The van der Waals surface area contributed by atoms with Gasteiger partial charge in [-0.3, -0.25) is 4.98 Å². The average molecular weight is 316 g/mol. The molecule has 0 saturated heterocycles. The first-order valence-electron chi connectivity index (χ1n) is 6.12. The predicted octanol–water partition coefficient (Wildman–Crippen LogP) is 3.74. The van der Waals surface area contributed by atoms with Crippen molar-refractivity contribution in [3.63, 3.8) is 0 Å². The van der Waals surface area contributed by atoms with Crippen LogP contribution < -0.4 is 5.32 Å². The van der Waals surface area contributed by atoms with E-state index in [4.69, 9.17) is 23.2 Å². The van der Waals surface area contributed by atoms with Crippen LogP contribution in [0, 0.1) is 0 Å². The zero-order valence-electron chi connectivity index (χ0n) is 10.6. The molecule has 2 heterocycles. The molecule has 0 saturated carbocycles. The fourth-order valence-electron chi connectivity index (χ4n) is 1.64. The van der Waals surface area contributed by atoms with Crippen LogP contribution in [0.3, 0.4) is 0 Å². The number of aromatic nitrogens is 2. The molecule has 2 rings (SSSR count). The van der Waals surface area contributed by atoms with Crippen LogP contribution in [-0.4, -0.2) is 16.5 Å². The summed E-state index contributed by atoms with van der Waals surface area (Å²) in [5, 5.41) is 7.81. The summed E-state index contributed by atoms with van der Waals surface area (Å²) in [5.41, 5.74) is 2.06. The maximum Gasteiger partial charge on any atom is 0.0940 e. The molecule has 6 heteroatoms. The first-order valence-corrected chi connectivity index (χ1v) is 7.76. The Balaban J connectivity index is 1.80. The molecule has 0 amide bonds. The fraction of sp³-hybridized carbons (Fsp3) is 0.385. The first-order chi connectivity index (χ1) is 9.20. The van der Waals surface area contributed by atoms with E-state index in [1.54, 1.807) is 23.7 Å². The van der Waals surface area contributed by atoms with Gasteiger partial charge < -0.3 is 5.32 Å². The fourth-order valence-corrected chi connectivity index (χ4v) is 3.02. The van der Waals surface area contributed by atoms with Crippen molar-refractivity contribution in [1.82, 2.24) is 15.3 Å². The van der Waals surface area contributed by atoms with Crippen molar-refractivity contribution >= 4 is 34.5 Å². The lowest BCUT2D eigenvalue weighted by molar-refractivity contribution is 0.684. The molecule has 0 atom stereocenters. The van der Waals surface area contributed by atoms with Gasteiger partial charge in [0.15, 0.2) is 0 Å². The van der Waals surface area contributed by atoms with Gasteiger partial charge in [-0.25, -0.2) is 4.98 Å². The zero-order valence-corrected chi connectivity index (χ0v) is 12.9. The van der Waals surface area contributed by atoms with E-state index in [1.165, 1.54) is 5.69 Å². The molecule has 2 aromatic heterocycles. The van der Waals surface area contributed by atoms with Crippen molar-refractivity contribution < 1.29 is 0 Å².